The van der Waals surface area contributed by atoms with Crippen LogP contribution in [0.25, 0.3) is 22.6 Å². The summed E-state index contributed by atoms with van der Waals surface area (Å²) in [5.41, 5.74) is 7.52. The molecule has 0 unspecified atom stereocenters. The van der Waals surface area contributed by atoms with Crippen LogP contribution in [0.2, 0.25) is 0 Å². The molecule has 0 amide bonds. The second-order valence-corrected chi connectivity index (χ2v) is 5.11. The Balaban J connectivity index is 1.98. The van der Waals surface area contributed by atoms with Crippen LogP contribution in [0.4, 0.5) is 5.95 Å². The fourth-order valence-corrected chi connectivity index (χ4v) is 2.38. The molecule has 7 nitrogen and oxygen atoms in total. The van der Waals surface area contributed by atoms with Crippen LogP contribution in [-0.2, 0) is 11.3 Å². The van der Waals surface area contributed by atoms with E-state index in [4.69, 9.17) is 14.9 Å². The zero-order valence-corrected chi connectivity index (χ0v) is 13.3. The molecule has 0 spiro atoms. The van der Waals surface area contributed by atoms with Gasteiger partial charge in [-0.05, 0) is 30.7 Å². The molecule has 3 rings (SSSR count). The summed E-state index contributed by atoms with van der Waals surface area (Å²) in [6.07, 6.45) is 4.89. The van der Waals surface area contributed by atoms with Crippen molar-refractivity contribution in [3.05, 3.63) is 53.3 Å². The van der Waals surface area contributed by atoms with Gasteiger partial charge in [0, 0.05) is 37.2 Å². The smallest absolute Gasteiger partial charge is 0.251 e. The summed E-state index contributed by atoms with van der Waals surface area (Å²) >= 11 is 0. The Bertz CT molecular complexity index is 872. The van der Waals surface area contributed by atoms with Crippen molar-refractivity contribution >= 4 is 5.95 Å². The molecule has 2 N–H and O–H groups in total. The number of nitrogens with zero attached hydrogens (tertiary/aromatic N) is 3. The van der Waals surface area contributed by atoms with Crippen LogP contribution in [0.1, 0.15) is 6.92 Å². The summed E-state index contributed by atoms with van der Waals surface area (Å²) < 4.78 is 12.3. The van der Waals surface area contributed by atoms with Crippen molar-refractivity contribution in [2.45, 2.75) is 13.5 Å². The molecule has 0 atom stereocenters. The minimum atomic E-state index is -0.116. The number of hydrogen-bond donors (Lipinski definition) is 1. The number of furan rings is 1. The number of ether oxygens (including phenoxy) is 1. The van der Waals surface area contributed by atoms with E-state index in [1.807, 2.05) is 13.0 Å². The molecule has 0 aliphatic rings. The fourth-order valence-electron chi connectivity index (χ4n) is 2.38. The van der Waals surface area contributed by atoms with Gasteiger partial charge in [-0.1, -0.05) is 0 Å². The van der Waals surface area contributed by atoms with Gasteiger partial charge in [-0.25, -0.2) is 9.97 Å². The Labute approximate surface area is 138 Å². The Kier molecular flexibility index (Phi) is 4.72. The van der Waals surface area contributed by atoms with Gasteiger partial charge in [0.25, 0.3) is 5.56 Å². The molecule has 0 saturated carbocycles. The minimum absolute atomic E-state index is 0.116. The lowest BCUT2D eigenvalue weighted by Crippen LogP contribution is -2.21. The minimum Gasteiger partial charge on any atom is -0.463 e. The first-order valence-electron chi connectivity index (χ1n) is 7.64. The molecular weight excluding hydrogens is 308 g/mol. The van der Waals surface area contributed by atoms with E-state index in [9.17, 15) is 4.79 Å². The van der Waals surface area contributed by atoms with E-state index >= 15 is 0 Å². The maximum absolute atomic E-state index is 12.3. The summed E-state index contributed by atoms with van der Waals surface area (Å²) in [4.78, 5) is 20.6. The van der Waals surface area contributed by atoms with Crippen molar-refractivity contribution in [3.8, 4) is 22.6 Å². The van der Waals surface area contributed by atoms with Crippen molar-refractivity contribution in [3.63, 3.8) is 0 Å². The summed E-state index contributed by atoms with van der Waals surface area (Å²) in [7, 11) is 0. The Hall–Kier alpha value is -2.93. The molecular formula is C17H18N4O3. The molecule has 3 aromatic rings. The Morgan fingerprint density at radius 1 is 1.38 bits per heavy atom. The average Bonchev–Trinajstić information content (AvgIpc) is 3.11. The summed E-state index contributed by atoms with van der Waals surface area (Å²) in [6.45, 7) is 3.56. The van der Waals surface area contributed by atoms with Crippen molar-refractivity contribution < 1.29 is 9.15 Å². The third-order valence-electron chi connectivity index (χ3n) is 3.55. The van der Waals surface area contributed by atoms with E-state index in [0.717, 1.165) is 0 Å². The first kappa shape index (κ1) is 15.9. The van der Waals surface area contributed by atoms with Gasteiger partial charge in [0.1, 0.15) is 5.69 Å². The van der Waals surface area contributed by atoms with E-state index in [0.29, 0.717) is 42.3 Å². The lowest BCUT2D eigenvalue weighted by Gasteiger charge is -2.09. The molecule has 3 aromatic heterocycles. The highest BCUT2D eigenvalue weighted by Gasteiger charge is 2.14. The van der Waals surface area contributed by atoms with Gasteiger partial charge in [-0.15, -0.1) is 0 Å². The molecule has 0 aliphatic carbocycles. The lowest BCUT2D eigenvalue weighted by atomic mass is 10.1. The molecule has 24 heavy (non-hydrogen) atoms. The number of pyridine rings is 1. The fraction of sp³-hybridized carbons (Fsp3) is 0.235. The molecule has 0 aromatic carbocycles. The van der Waals surface area contributed by atoms with Gasteiger partial charge < -0.3 is 19.5 Å². The number of anilines is 1. The number of rotatable bonds is 6. The Morgan fingerprint density at radius 3 is 2.96 bits per heavy atom. The van der Waals surface area contributed by atoms with E-state index in [-0.39, 0.29) is 11.5 Å². The number of nitrogen functional groups attached to an aromatic ring is 1. The van der Waals surface area contributed by atoms with E-state index in [1.165, 1.54) is 0 Å². The summed E-state index contributed by atoms with van der Waals surface area (Å²) in [5, 5.41) is 0. The van der Waals surface area contributed by atoms with Gasteiger partial charge in [-0.3, -0.25) is 4.79 Å². The standard InChI is InChI=1S/C17H18N4O3/c1-2-23-9-7-21-6-5-12(10-15(21)22)13-11-19-17(18)20-16(13)14-4-3-8-24-14/h3-6,8,10-11H,2,7,9H2,1H3,(H2,18,19,20). The van der Waals surface area contributed by atoms with Crippen LogP contribution in [0.5, 0.6) is 0 Å². The Morgan fingerprint density at radius 2 is 2.25 bits per heavy atom. The van der Waals surface area contributed by atoms with Crippen LogP contribution in [0.15, 0.2) is 52.1 Å². The molecule has 7 heteroatoms. The van der Waals surface area contributed by atoms with Gasteiger partial charge in [0.2, 0.25) is 5.95 Å². The van der Waals surface area contributed by atoms with Crippen molar-refractivity contribution in [2.24, 2.45) is 0 Å². The summed E-state index contributed by atoms with van der Waals surface area (Å²) in [5.74, 6) is 0.717. The van der Waals surface area contributed by atoms with E-state index in [2.05, 4.69) is 9.97 Å². The zero-order valence-electron chi connectivity index (χ0n) is 13.3. The normalized spacial score (nSPS) is 10.9. The average molecular weight is 326 g/mol. The molecule has 0 fully saturated rings. The van der Waals surface area contributed by atoms with Crippen LogP contribution in [-0.4, -0.2) is 27.7 Å². The summed E-state index contributed by atoms with van der Waals surface area (Å²) in [6, 6.07) is 6.94. The van der Waals surface area contributed by atoms with Crippen molar-refractivity contribution in [1.29, 1.82) is 0 Å². The molecule has 0 bridgehead atoms. The third-order valence-corrected chi connectivity index (χ3v) is 3.55. The maximum atomic E-state index is 12.3. The van der Waals surface area contributed by atoms with Crippen molar-refractivity contribution in [2.75, 3.05) is 18.9 Å². The monoisotopic (exact) mass is 326 g/mol. The highest BCUT2D eigenvalue weighted by Crippen LogP contribution is 2.29. The molecule has 3 heterocycles. The van der Waals surface area contributed by atoms with E-state index in [1.54, 1.807) is 41.4 Å². The molecule has 0 saturated heterocycles. The highest BCUT2D eigenvalue weighted by atomic mass is 16.5. The van der Waals surface area contributed by atoms with Crippen LogP contribution < -0.4 is 11.3 Å². The maximum Gasteiger partial charge on any atom is 0.251 e. The van der Waals surface area contributed by atoms with Gasteiger partial charge in [0.05, 0.1) is 12.9 Å². The lowest BCUT2D eigenvalue weighted by molar-refractivity contribution is 0.138. The topological polar surface area (TPSA) is 96.2 Å². The number of nitrogens with two attached hydrogens (primary N) is 1. The predicted octanol–water partition coefficient (Wildman–Crippen LogP) is 2.18. The molecule has 124 valence electrons. The number of hydrogen-bond acceptors (Lipinski definition) is 6. The SMILES string of the molecule is CCOCCn1ccc(-c2cnc(N)nc2-c2ccco2)cc1=O. The highest BCUT2D eigenvalue weighted by molar-refractivity contribution is 5.78. The first-order chi connectivity index (χ1) is 11.7. The molecule has 0 radical (unpaired) electrons. The number of aromatic nitrogens is 3. The van der Waals surface area contributed by atoms with Crippen molar-refractivity contribution in [1.82, 2.24) is 14.5 Å². The van der Waals surface area contributed by atoms with Crippen LogP contribution in [0, 0.1) is 0 Å². The first-order valence-corrected chi connectivity index (χ1v) is 7.64. The molecule has 0 aliphatic heterocycles. The second-order valence-electron chi connectivity index (χ2n) is 5.11. The quantitative estimate of drug-likeness (QED) is 0.698. The largest absolute Gasteiger partial charge is 0.463 e. The van der Waals surface area contributed by atoms with Crippen LogP contribution in [0.3, 0.4) is 0 Å². The van der Waals surface area contributed by atoms with E-state index < -0.39 is 0 Å². The predicted molar refractivity (Wildman–Crippen MR) is 90.3 cm³/mol. The zero-order chi connectivity index (χ0) is 16.9. The van der Waals surface area contributed by atoms with Gasteiger partial charge >= 0.3 is 0 Å². The second kappa shape index (κ2) is 7.10. The van der Waals surface area contributed by atoms with Gasteiger partial charge in [0.15, 0.2) is 5.76 Å². The van der Waals surface area contributed by atoms with Crippen LogP contribution >= 0.6 is 0 Å². The third kappa shape index (κ3) is 3.36. The van der Waals surface area contributed by atoms with Gasteiger partial charge in [-0.2, -0.15) is 0 Å².